The second-order valence-corrected chi connectivity index (χ2v) is 6.05. The Balaban J connectivity index is 3.96. The Morgan fingerprint density at radius 2 is 1.50 bits per heavy atom. The minimum atomic E-state index is -2.01. The molecule has 0 radical (unpaired) electrons. The maximum atomic E-state index is 11.1. The van der Waals surface area contributed by atoms with Gasteiger partial charge in [-0.05, 0) is 23.1 Å². The summed E-state index contributed by atoms with van der Waals surface area (Å²) in [5.41, 5.74) is 0. The highest BCUT2D eigenvalue weighted by atomic mass is 35.7. The van der Waals surface area contributed by atoms with Gasteiger partial charge in [-0.1, -0.05) is 27.7 Å². The van der Waals surface area contributed by atoms with E-state index >= 15 is 0 Å². The maximum Gasteiger partial charge on any atom is 0.223 e. The van der Waals surface area contributed by atoms with Gasteiger partial charge in [-0.25, -0.2) is 4.67 Å². The van der Waals surface area contributed by atoms with Crippen molar-refractivity contribution >= 4 is 18.5 Å². The molecular formula is C8H19ClNOP. The van der Waals surface area contributed by atoms with Gasteiger partial charge in [0.1, 0.15) is 0 Å². The van der Waals surface area contributed by atoms with Gasteiger partial charge in [0.05, 0.1) is 0 Å². The van der Waals surface area contributed by atoms with Crippen LogP contribution in [0.2, 0.25) is 0 Å². The molecule has 0 saturated heterocycles. The Hall–Kier alpha value is 0.480. The molecule has 0 aliphatic rings. The number of nitrogens with zero attached hydrogens (tertiary/aromatic N) is 1. The molecule has 1 atom stereocenters. The van der Waals surface area contributed by atoms with Crippen molar-refractivity contribution in [3.05, 3.63) is 0 Å². The zero-order valence-electron chi connectivity index (χ0n) is 8.30. The van der Waals surface area contributed by atoms with Crippen molar-refractivity contribution in [2.75, 3.05) is 13.1 Å². The highest BCUT2D eigenvalue weighted by Crippen LogP contribution is 2.33. The number of rotatable bonds is 5. The van der Waals surface area contributed by atoms with Crippen LogP contribution in [0.15, 0.2) is 0 Å². The summed E-state index contributed by atoms with van der Waals surface area (Å²) in [6.07, 6.45) is 0. The van der Waals surface area contributed by atoms with Crippen molar-refractivity contribution in [2.45, 2.75) is 27.7 Å². The standard InChI is InChI=1S/C8H19ClNOP/c1-7(2)5-10(12(9)11)6-8(3)4/h7-8,12H,5-6H2,1-4H3. The van der Waals surface area contributed by atoms with E-state index in [4.69, 9.17) is 11.2 Å². The molecule has 0 amide bonds. The van der Waals surface area contributed by atoms with Gasteiger partial charge in [-0.2, -0.15) is 0 Å². The van der Waals surface area contributed by atoms with E-state index in [0.717, 1.165) is 13.1 Å². The lowest BCUT2D eigenvalue weighted by atomic mass is 10.2. The van der Waals surface area contributed by atoms with Crippen molar-refractivity contribution < 1.29 is 4.57 Å². The first kappa shape index (κ1) is 12.5. The average Bonchev–Trinajstić information content (AvgIpc) is 1.83. The molecule has 0 aliphatic heterocycles. The summed E-state index contributed by atoms with van der Waals surface area (Å²) < 4.78 is 13.0. The van der Waals surface area contributed by atoms with Crippen molar-refractivity contribution in [1.82, 2.24) is 4.67 Å². The molecule has 0 bridgehead atoms. The molecule has 0 spiro atoms. The lowest BCUT2D eigenvalue weighted by Gasteiger charge is -2.22. The largest absolute Gasteiger partial charge is 0.292 e. The van der Waals surface area contributed by atoms with Crippen LogP contribution in [0.5, 0.6) is 0 Å². The van der Waals surface area contributed by atoms with Crippen molar-refractivity contribution in [3.8, 4) is 0 Å². The molecule has 2 nitrogen and oxygen atoms in total. The summed E-state index contributed by atoms with van der Waals surface area (Å²) in [5, 5.41) is 0. The van der Waals surface area contributed by atoms with Crippen molar-refractivity contribution in [1.29, 1.82) is 0 Å². The van der Waals surface area contributed by atoms with Crippen LogP contribution in [-0.4, -0.2) is 17.8 Å². The Labute approximate surface area is 80.9 Å². The van der Waals surface area contributed by atoms with Gasteiger partial charge >= 0.3 is 0 Å². The number of halogens is 1. The topological polar surface area (TPSA) is 20.3 Å². The smallest absolute Gasteiger partial charge is 0.223 e. The molecule has 0 aliphatic carbocycles. The van der Waals surface area contributed by atoms with E-state index in [0.29, 0.717) is 11.8 Å². The summed E-state index contributed by atoms with van der Waals surface area (Å²) in [6, 6.07) is 0. The first-order chi connectivity index (χ1) is 5.43. The van der Waals surface area contributed by atoms with E-state index in [-0.39, 0.29) is 0 Å². The van der Waals surface area contributed by atoms with Gasteiger partial charge in [0, 0.05) is 13.1 Å². The molecule has 0 aromatic carbocycles. The predicted molar refractivity (Wildman–Crippen MR) is 56.1 cm³/mol. The minimum Gasteiger partial charge on any atom is -0.292 e. The van der Waals surface area contributed by atoms with E-state index in [2.05, 4.69) is 27.7 Å². The maximum absolute atomic E-state index is 11.1. The van der Waals surface area contributed by atoms with Crippen LogP contribution in [0.3, 0.4) is 0 Å². The Morgan fingerprint density at radius 1 is 1.17 bits per heavy atom. The second kappa shape index (κ2) is 6.01. The fourth-order valence-electron chi connectivity index (χ4n) is 1.10. The van der Waals surface area contributed by atoms with E-state index in [1.54, 1.807) is 0 Å². The molecule has 1 unspecified atom stereocenters. The third-order valence-corrected chi connectivity index (χ3v) is 3.00. The van der Waals surface area contributed by atoms with Crippen LogP contribution in [0.1, 0.15) is 27.7 Å². The van der Waals surface area contributed by atoms with Gasteiger partial charge in [-0.3, -0.25) is 4.57 Å². The highest BCUT2D eigenvalue weighted by molar-refractivity contribution is 7.71. The monoisotopic (exact) mass is 211 g/mol. The lowest BCUT2D eigenvalue weighted by Crippen LogP contribution is -2.23. The van der Waals surface area contributed by atoms with Crippen LogP contribution in [0.25, 0.3) is 0 Å². The zero-order valence-corrected chi connectivity index (χ0v) is 10.1. The molecular weight excluding hydrogens is 193 g/mol. The number of hydrogen-bond acceptors (Lipinski definition) is 1. The SMILES string of the molecule is CC(C)CN(CC(C)C)[PH](=O)Cl. The third-order valence-electron chi connectivity index (χ3n) is 1.42. The van der Waals surface area contributed by atoms with E-state index in [1.807, 2.05) is 4.67 Å². The van der Waals surface area contributed by atoms with Crippen LogP contribution in [0, 0.1) is 11.8 Å². The molecule has 0 heterocycles. The first-order valence-corrected chi connectivity index (χ1v) is 6.74. The summed E-state index contributed by atoms with van der Waals surface area (Å²) in [7, 11) is -2.01. The minimum absolute atomic E-state index is 0.524. The average molecular weight is 212 g/mol. The Kier molecular flexibility index (Phi) is 6.25. The summed E-state index contributed by atoms with van der Waals surface area (Å²) in [4.78, 5) is 0. The molecule has 4 heteroatoms. The van der Waals surface area contributed by atoms with Crippen molar-refractivity contribution in [3.63, 3.8) is 0 Å². The molecule has 12 heavy (non-hydrogen) atoms. The van der Waals surface area contributed by atoms with Crippen LogP contribution >= 0.6 is 18.5 Å². The van der Waals surface area contributed by atoms with Crippen molar-refractivity contribution in [2.24, 2.45) is 11.8 Å². The lowest BCUT2D eigenvalue weighted by molar-refractivity contribution is 0.345. The van der Waals surface area contributed by atoms with E-state index in [9.17, 15) is 4.57 Å². The van der Waals surface area contributed by atoms with Gasteiger partial charge < -0.3 is 0 Å². The van der Waals surface area contributed by atoms with E-state index < -0.39 is 7.30 Å². The normalized spacial score (nSPS) is 14.7. The third kappa shape index (κ3) is 6.05. The molecule has 74 valence electrons. The Bertz CT molecular complexity index is 140. The molecule has 0 fully saturated rings. The van der Waals surface area contributed by atoms with Crippen LogP contribution in [-0.2, 0) is 4.57 Å². The first-order valence-electron chi connectivity index (χ1n) is 4.38. The van der Waals surface area contributed by atoms with Gasteiger partial charge in [-0.15, -0.1) is 0 Å². The quantitative estimate of drug-likeness (QED) is 0.651. The fourth-order valence-corrected chi connectivity index (χ4v) is 2.53. The van der Waals surface area contributed by atoms with Gasteiger partial charge in [0.25, 0.3) is 0 Å². The predicted octanol–water partition coefficient (Wildman–Crippen LogP) is 3.23. The Morgan fingerprint density at radius 3 is 1.67 bits per heavy atom. The molecule has 0 aromatic heterocycles. The summed E-state index contributed by atoms with van der Waals surface area (Å²) >= 11 is 5.60. The molecule has 0 N–H and O–H groups in total. The molecule has 0 rings (SSSR count). The fraction of sp³-hybridized carbons (Fsp3) is 1.00. The highest BCUT2D eigenvalue weighted by Gasteiger charge is 2.12. The zero-order chi connectivity index (χ0) is 9.72. The van der Waals surface area contributed by atoms with E-state index in [1.165, 1.54) is 0 Å². The number of hydrogen-bond donors (Lipinski definition) is 0. The van der Waals surface area contributed by atoms with Crippen LogP contribution < -0.4 is 0 Å². The summed E-state index contributed by atoms with van der Waals surface area (Å²) in [6.45, 7) is 10.1. The van der Waals surface area contributed by atoms with Gasteiger partial charge in [0.15, 0.2) is 0 Å². The summed E-state index contributed by atoms with van der Waals surface area (Å²) in [5.74, 6) is 1.05. The van der Waals surface area contributed by atoms with Gasteiger partial charge in [0.2, 0.25) is 7.30 Å². The van der Waals surface area contributed by atoms with Crippen LogP contribution in [0.4, 0.5) is 0 Å². The second-order valence-electron chi connectivity index (χ2n) is 3.95. The molecule has 0 saturated carbocycles. The molecule has 0 aromatic rings.